The molecule has 5 heteroatoms. The largest absolute Gasteiger partial charge is 0.383 e. The van der Waals surface area contributed by atoms with E-state index in [2.05, 4.69) is 51.0 Å². The molecule has 0 spiro atoms. The van der Waals surface area contributed by atoms with E-state index in [1.165, 1.54) is 5.56 Å². The first-order valence-electron chi connectivity index (χ1n) is 6.68. The van der Waals surface area contributed by atoms with Crippen molar-refractivity contribution in [2.45, 2.75) is 32.9 Å². The van der Waals surface area contributed by atoms with Gasteiger partial charge < -0.3 is 15.0 Å². The van der Waals surface area contributed by atoms with Crippen LogP contribution in [0, 0.1) is 0 Å². The number of anilines is 1. The molecule has 0 radical (unpaired) electrons. The molecule has 0 fully saturated rings. The first-order valence-corrected chi connectivity index (χ1v) is 7.47. The highest BCUT2D eigenvalue weighted by Crippen LogP contribution is 2.24. The average Bonchev–Trinajstić information content (AvgIpc) is 2.41. The number of hydrogen-bond donors (Lipinski definition) is 1. The van der Waals surface area contributed by atoms with Crippen molar-refractivity contribution in [2.75, 3.05) is 32.2 Å². The maximum absolute atomic E-state index is 5.22. The van der Waals surface area contributed by atoms with Crippen LogP contribution >= 0.6 is 15.9 Å². The molecule has 1 rings (SSSR count). The fourth-order valence-electron chi connectivity index (χ4n) is 2.00. The standard InChI is InChI=1S/C14H24BrN3O/c1-5-11(2)18(6-7-19-4)14-12(9-16-3)8-13(15)10-17-14/h8,10-11,16H,5-7,9H2,1-4H3. The number of ether oxygens (including phenoxy) is 1. The van der Waals surface area contributed by atoms with Crippen LogP contribution in [0.2, 0.25) is 0 Å². The summed E-state index contributed by atoms with van der Waals surface area (Å²) in [5.74, 6) is 1.05. The van der Waals surface area contributed by atoms with Crippen LogP contribution in [-0.4, -0.2) is 38.3 Å². The SMILES string of the molecule is CCC(C)N(CCOC)c1ncc(Br)cc1CNC. The molecule has 0 amide bonds. The van der Waals surface area contributed by atoms with Gasteiger partial charge in [0.1, 0.15) is 5.82 Å². The number of nitrogens with one attached hydrogen (secondary N) is 1. The normalized spacial score (nSPS) is 12.5. The van der Waals surface area contributed by atoms with E-state index in [4.69, 9.17) is 4.74 Å². The van der Waals surface area contributed by atoms with Crippen LogP contribution < -0.4 is 10.2 Å². The molecule has 0 saturated carbocycles. The van der Waals surface area contributed by atoms with Crippen molar-refractivity contribution in [1.29, 1.82) is 0 Å². The molecule has 0 aliphatic heterocycles. The van der Waals surface area contributed by atoms with Crippen molar-refractivity contribution in [1.82, 2.24) is 10.3 Å². The first-order chi connectivity index (χ1) is 9.13. The zero-order valence-corrected chi connectivity index (χ0v) is 13.8. The van der Waals surface area contributed by atoms with Gasteiger partial charge in [0.25, 0.3) is 0 Å². The Hall–Kier alpha value is -0.650. The second-order valence-corrected chi connectivity index (χ2v) is 5.53. The lowest BCUT2D eigenvalue weighted by Gasteiger charge is -2.31. The summed E-state index contributed by atoms with van der Waals surface area (Å²) in [7, 11) is 3.69. The van der Waals surface area contributed by atoms with Crippen LogP contribution in [0.4, 0.5) is 5.82 Å². The quantitative estimate of drug-likeness (QED) is 0.795. The van der Waals surface area contributed by atoms with Gasteiger partial charge in [-0.05, 0) is 42.4 Å². The van der Waals surface area contributed by atoms with Gasteiger partial charge in [0, 0.05) is 42.5 Å². The van der Waals surface area contributed by atoms with Crippen molar-refractivity contribution in [3.8, 4) is 0 Å². The fraction of sp³-hybridized carbons (Fsp3) is 0.643. The number of halogens is 1. The number of nitrogens with zero attached hydrogens (tertiary/aromatic N) is 2. The summed E-state index contributed by atoms with van der Waals surface area (Å²) in [4.78, 5) is 6.92. The zero-order chi connectivity index (χ0) is 14.3. The zero-order valence-electron chi connectivity index (χ0n) is 12.2. The first kappa shape index (κ1) is 16.4. The molecule has 0 aliphatic carbocycles. The number of pyridine rings is 1. The van der Waals surface area contributed by atoms with Gasteiger partial charge in [-0.3, -0.25) is 0 Å². The average molecular weight is 330 g/mol. The number of methoxy groups -OCH3 is 1. The van der Waals surface area contributed by atoms with Crippen molar-refractivity contribution in [3.05, 3.63) is 22.3 Å². The van der Waals surface area contributed by atoms with Gasteiger partial charge in [0.2, 0.25) is 0 Å². The van der Waals surface area contributed by atoms with Crippen LogP contribution in [0.25, 0.3) is 0 Å². The number of aromatic nitrogens is 1. The maximum atomic E-state index is 5.22. The molecule has 0 aliphatic rings. The lowest BCUT2D eigenvalue weighted by atomic mass is 10.1. The van der Waals surface area contributed by atoms with Crippen LogP contribution in [0.5, 0.6) is 0 Å². The Morgan fingerprint density at radius 1 is 1.53 bits per heavy atom. The third-order valence-electron chi connectivity index (χ3n) is 3.21. The molecule has 19 heavy (non-hydrogen) atoms. The van der Waals surface area contributed by atoms with Gasteiger partial charge in [-0.15, -0.1) is 0 Å². The predicted octanol–water partition coefficient (Wildman–Crippen LogP) is 2.81. The second-order valence-electron chi connectivity index (χ2n) is 4.61. The minimum Gasteiger partial charge on any atom is -0.383 e. The van der Waals surface area contributed by atoms with E-state index in [9.17, 15) is 0 Å². The molecule has 0 aromatic carbocycles. The van der Waals surface area contributed by atoms with Gasteiger partial charge in [0.15, 0.2) is 0 Å². The molecule has 1 heterocycles. The summed E-state index contributed by atoms with van der Waals surface area (Å²) in [6.07, 6.45) is 2.94. The minimum atomic E-state index is 0.444. The summed E-state index contributed by atoms with van der Waals surface area (Å²) < 4.78 is 6.23. The number of hydrogen-bond acceptors (Lipinski definition) is 4. The molecule has 1 atom stereocenters. The Labute approximate surface area is 124 Å². The molecule has 0 bridgehead atoms. The summed E-state index contributed by atoms with van der Waals surface area (Å²) >= 11 is 3.49. The van der Waals surface area contributed by atoms with E-state index in [-0.39, 0.29) is 0 Å². The van der Waals surface area contributed by atoms with Crippen molar-refractivity contribution in [3.63, 3.8) is 0 Å². The highest BCUT2D eigenvalue weighted by atomic mass is 79.9. The Balaban J connectivity index is 3.05. The van der Waals surface area contributed by atoms with E-state index in [1.807, 2.05) is 13.2 Å². The van der Waals surface area contributed by atoms with E-state index in [0.717, 1.165) is 29.8 Å². The summed E-state index contributed by atoms with van der Waals surface area (Å²) in [6, 6.07) is 2.57. The molecular formula is C14H24BrN3O. The highest BCUT2D eigenvalue weighted by molar-refractivity contribution is 9.10. The van der Waals surface area contributed by atoms with Crippen LogP contribution in [0.3, 0.4) is 0 Å². The maximum Gasteiger partial charge on any atom is 0.133 e. The Kier molecular flexibility index (Phi) is 7.34. The van der Waals surface area contributed by atoms with Gasteiger partial charge in [-0.2, -0.15) is 0 Å². The van der Waals surface area contributed by atoms with E-state index in [0.29, 0.717) is 12.6 Å². The molecule has 108 valence electrons. The van der Waals surface area contributed by atoms with Gasteiger partial charge in [0.05, 0.1) is 6.61 Å². The fourth-order valence-corrected chi connectivity index (χ4v) is 2.38. The minimum absolute atomic E-state index is 0.444. The van der Waals surface area contributed by atoms with Gasteiger partial charge in [-0.1, -0.05) is 6.92 Å². The Morgan fingerprint density at radius 3 is 2.84 bits per heavy atom. The van der Waals surface area contributed by atoms with Crippen LogP contribution in [0.1, 0.15) is 25.8 Å². The third-order valence-corrected chi connectivity index (χ3v) is 3.64. The summed E-state index contributed by atoms with van der Waals surface area (Å²) in [5, 5.41) is 3.20. The van der Waals surface area contributed by atoms with Crippen molar-refractivity contribution < 1.29 is 4.74 Å². The molecule has 1 unspecified atom stereocenters. The third kappa shape index (κ3) is 4.75. The second kappa shape index (κ2) is 8.51. The Bertz CT molecular complexity index is 387. The van der Waals surface area contributed by atoms with E-state index < -0.39 is 0 Å². The summed E-state index contributed by atoms with van der Waals surface area (Å²) in [6.45, 7) is 6.79. The molecule has 4 nitrogen and oxygen atoms in total. The van der Waals surface area contributed by atoms with Gasteiger partial charge in [-0.25, -0.2) is 4.98 Å². The molecular weight excluding hydrogens is 306 g/mol. The van der Waals surface area contributed by atoms with Crippen LogP contribution in [0.15, 0.2) is 16.7 Å². The van der Waals surface area contributed by atoms with E-state index in [1.54, 1.807) is 7.11 Å². The number of rotatable bonds is 8. The van der Waals surface area contributed by atoms with E-state index >= 15 is 0 Å². The molecule has 1 aromatic heterocycles. The molecule has 1 aromatic rings. The summed E-state index contributed by atoms with van der Waals surface area (Å²) in [5.41, 5.74) is 1.20. The Morgan fingerprint density at radius 2 is 2.26 bits per heavy atom. The lowest BCUT2D eigenvalue weighted by Crippen LogP contribution is -2.37. The van der Waals surface area contributed by atoms with Crippen LogP contribution in [-0.2, 0) is 11.3 Å². The lowest BCUT2D eigenvalue weighted by molar-refractivity contribution is 0.203. The van der Waals surface area contributed by atoms with Crippen molar-refractivity contribution >= 4 is 21.7 Å². The molecule has 0 saturated heterocycles. The monoisotopic (exact) mass is 329 g/mol. The molecule has 1 N–H and O–H groups in total. The highest BCUT2D eigenvalue weighted by Gasteiger charge is 2.17. The predicted molar refractivity (Wildman–Crippen MR) is 83.7 cm³/mol. The van der Waals surface area contributed by atoms with Gasteiger partial charge >= 0.3 is 0 Å². The smallest absolute Gasteiger partial charge is 0.133 e. The van der Waals surface area contributed by atoms with Crippen molar-refractivity contribution in [2.24, 2.45) is 0 Å². The topological polar surface area (TPSA) is 37.4 Å².